The highest BCUT2D eigenvalue weighted by Gasteiger charge is 2.35. The quantitative estimate of drug-likeness (QED) is 0.749. The molecule has 158 valence electrons. The predicted molar refractivity (Wildman–Crippen MR) is 99.6 cm³/mol. The van der Waals surface area contributed by atoms with Crippen LogP contribution in [-0.4, -0.2) is 46.1 Å². The summed E-state index contributed by atoms with van der Waals surface area (Å²) >= 11 is 0. The van der Waals surface area contributed by atoms with Gasteiger partial charge >= 0.3 is 6.18 Å². The monoisotopic (exact) mass is 412 g/mol. The Morgan fingerprint density at radius 2 is 2.07 bits per heavy atom. The van der Waals surface area contributed by atoms with Crippen molar-refractivity contribution in [3.05, 3.63) is 17.5 Å². The molecule has 2 aromatic rings. The first-order chi connectivity index (χ1) is 13.9. The second-order valence-electron chi connectivity index (χ2n) is 7.22. The maximum absolute atomic E-state index is 13.1. The summed E-state index contributed by atoms with van der Waals surface area (Å²) in [5.74, 6) is 0.853. The molecule has 0 bridgehead atoms. The van der Waals surface area contributed by atoms with E-state index in [1.807, 2.05) is 11.6 Å². The lowest BCUT2D eigenvalue weighted by atomic mass is 9.93. The second-order valence-corrected chi connectivity index (χ2v) is 7.22. The van der Waals surface area contributed by atoms with Gasteiger partial charge in [0, 0.05) is 19.7 Å². The van der Waals surface area contributed by atoms with E-state index in [9.17, 15) is 13.2 Å². The summed E-state index contributed by atoms with van der Waals surface area (Å²) in [4.78, 5) is 7.88. The number of anilines is 3. The van der Waals surface area contributed by atoms with Gasteiger partial charge in [-0.3, -0.25) is 0 Å². The highest BCUT2D eigenvalue weighted by Crippen LogP contribution is 2.41. The maximum Gasteiger partial charge on any atom is 0.421 e. The van der Waals surface area contributed by atoms with Crippen LogP contribution in [0, 0.1) is 6.92 Å². The van der Waals surface area contributed by atoms with Gasteiger partial charge in [-0.2, -0.15) is 23.3 Å². The molecule has 1 saturated carbocycles. The zero-order chi connectivity index (χ0) is 20.6. The van der Waals surface area contributed by atoms with Crippen LogP contribution in [0.2, 0.25) is 0 Å². The van der Waals surface area contributed by atoms with Crippen molar-refractivity contribution < 1.29 is 22.6 Å². The van der Waals surface area contributed by atoms with Crippen LogP contribution in [0.3, 0.4) is 0 Å². The van der Waals surface area contributed by atoms with Gasteiger partial charge in [0.2, 0.25) is 5.95 Å². The second kappa shape index (κ2) is 7.69. The number of hydrogen-bond donors (Lipinski definition) is 2. The van der Waals surface area contributed by atoms with Crippen LogP contribution in [0.15, 0.2) is 6.20 Å². The van der Waals surface area contributed by atoms with Gasteiger partial charge in [-0.1, -0.05) is 0 Å². The van der Waals surface area contributed by atoms with Crippen molar-refractivity contribution >= 4 is 17.6 Å². The highest BCUT2D eigenvalue weighted by molar-refractivity contribution is 5.62. The summed E-state index contributed by atoms with van der Waals surface area (Å²) in [7, 11) is 1.39. The molecule has 1 aliphatic heterocycles. The van der Waals surface area contributed by atoms with Crippen molar-refractivity contribution in [2.75, 3.05) is 30.9 Å². The number of aromatic nitrogens is 4. The van der Waals surface area contributed by atoms with Gasteiger partial charge in [0.1, 0.15) is 23.2 Å². The zero-order valence-corrected chi connectivity index (χ0v) is 16.2. The number of rotatable bonds is 6. The van der Waals surface area contributed by atoms with Crippen LogP contribution in [0.5, 0.6) is 5.75 Å². The summed E-state index contributed by atoms with van der Waals surface area (Å²) in [6.45, 7) is 2.98. The number of aryl methyl sites for hydroxylation is 1. The average molecular weight is 412 g/mol. The van der Waals surface area contributed by atoms with Crippen LogP contribution in [-0.2, 0) is 10.9 Å². The van der Waals surface area contributed by atoms with Gasteiger partial charge in [-0.25, -0.2) is 9.67 Å². The van der Waals surface area contributed by atoms with E-state index < -0.39 is 11.7 Å². The lowest BCUT2D eigenvalue weighted by Gasteiger charge is -2.27. The van der Waals surface area contributed by atoms with Crippen molar-refractivity contribution in [1.29, 1.82) is 0 Å². The lowest BCUT2D eigenvalue weighted by Crippen LogP contribution is -2.21. The SMILES string of the molecule is CNc1nc(Nc2c(O[C@H]3CCOC3)c(C)nn2C2CCC2)ncc1C(F)(F)F. The van der Waals surface area contributed by atoms with Crippen LogP contribution >= 0.6 is 0 Å². The molecule has 4 rings (SSSR count). The number of nitrogens with zero attached hydrogens (tertiary/aromatic N) is 4. The molecule has 2 aliphatic rings. The molecule has 11 heteroatoms. The first-order valence-corrected chi connectivity index (χ1v) is 9.59. The Morgan fingerprint density at radius 1 is 1.28 bits per heavy atom. The summed E-state index contributed by atoms with van der Waals surface area (Å²) < 4.78 is 52.7. The number of ether oxygens (including phenoxy) is 2. The van der Waals surface area contributed by atoms with Crippen LogP contribution in [0.1, 0.15) is 43.0 Å². The predicted octanol–water partition coefficient (Wildman–Crippen LogP) is 3.68. The lowest BCUT2D eigenvalue weighted by molar-refractivity contribution is -0.137. The van der Waals surface area contributed by atoms with E-state index in [0.29, 0.717) is 30.5 Å². The third kappa shape index (κ3) is 3.96. The van der Waals surface area contributed by atoms with E-state index in [0.717, 1.165) is 31.9 Å². The Morgan fingerprint density at radius 3 is 2.66 bits per heavy atom. The number of alkyl halides is 3. The maximum atomic E-state index is 13.1. The molecule has 2 fully saturated rings. The van der Waals surface area contributed by atoms with Crippen molar-refractivity contribution in [3.63, 3.8) is 0 Å². The molecule has 0 amide bonds. The van der Waals surface area contributed by atoms with E-state index in [4.69, 9.17) is 9.47 Å². The van der Waals surface area contributed by atoms with Crippen molar-refractivity contribution in [3.8, 4) is 5.75 Å². The van der Waals surface area contributed by atoms with Gasteiger partial charge in [-0.05, 0) is 26.2 Å². The molecule has 2 aromatic heterocycles. The highest BCUT2D eigenvalue weighted by atomic mass is 19.4. The molecular weight excluding hydrogens is 389 g/mol. The summed E-state index contributed by atoms with van der Waals surface area (Å²) in [5, 5.41) is 10.1. The van der Waals surface area contributed by atoms with Crippen LogP contribution < -0.4 is 15.4 Å². The molecule has 0 unspecified atom stereocenters. The normalized spacial score (nSPS) is 19.8. The molecular formula is C18H23F3N6O2. The van der Waals surface area contributed by atoms with Crippen LogP contribution in [0.25, 0.3) is 0 Å². The van der Waals surface area contributed by atoms with E-state index >= 15 is 0 Å². The average Bonchev–Trinajstić information content (AvgIpc) is 3.23. The van der Waals surface area contributed by atoms with Gasteiger partial charge in [-0.15, -0.1) is 0 Å². The molecule has 3 heterocycles. The Hall–Kier alpha value is -2.56. The fraction of sp³-hybridized carbons (Fsp3) is 0.611. The minimum atomic E-state index is -4.54. The van der Waals surface area contributed by atoms with Gasteiger partial charge < -0.3 is 20.1 Å². The first-order valence-electron chi connectivity index (χ1n) is 9.59. The Labute approximate surface area is 165 Å². The Balaban J connectivity index is 1.68. The number of halogens is 3. The van der Waals surface area contributed by atoms with E-state index in [2.05, 4.69) is 25.7 Å². The minimum Gasteiger partial charge on any atom is -0.482 e. The largest absolute Gasteiger partial charge is 0.482 e. The zero-order valence-electron chi connectivity index (χ0n) is 16.2. The topological polar surface area (TPSA) is 86.1 Å². The van der Waals surface area contributed by atoms with E-state index in [1.165, 1.54) is 7.05 Å². The van der Waals surface area contributed by atoms with E-state index in [1.54, 1.807) is 0 Å². The molecule has 1 saturated heterocycles. The fourth-order valence-electron chi connectivity index (χ4n) is 3.40. The molecule has 0 spiro atoms. The van der Waals surface area contributed by atoms with Gasteiger partial charge in [0.25, 0.3) is 0 Å². The first kappa shape index (κ1) is 19.7. The molecule has 8 nitrogen and oxygen atoms in total. The molecule has 1 atom stereocenters. The van der Waals surface area contributed by atoms with Crippen LogP contribution in [0.4, 0.5) is 30.8 Å². The summed E-state index contributed by atoms with van der Waals surface area (Å²) in [5.41, 5.74) is -0.221. The van der Waals surface area contributed by atoms with Crippen molar-refractivity contribution in [2.45, 2.75) is 50.9 Å². The summed E-state index contributed by atoms with van der Waals surface area (Å²) in [6.07, 6.45) is -0.0181. The molecule has 0 radical (unpaired) electrons. The number of hydrogen-bond acceptors (Lipinski definition) is 7. The minimum absolute atomic E-state index is 0.0374. The smallest absolute Gasteiger partial charge is 0.421 e. The molecule has 0 aromatic carbocycles. The summed E-state index contributed by atoms with van der Waals surface area (Å²) in [6, 6.07) is 0.214. The van der Waals surface area contributed by atoms with E-state index in [-0.39, 0.29) is 23.9 Å². The number of nitrogens with one attached hydrogen (secondary N) is 2. The van der Waals surface area contributed by atoms with Gasteiger partial charge in [0.15, 0.2) is 11.6 Å². The Kier molecular flexibility index (Phi) is 5.24. The molecule has 1 aliphatic carbocycles. The van der Waals surface area contributed by atoms with Gasteiger partial charge in [0.05, 0.1) is 19.3 Å². The third-order valence-electron chi connectivity index (χ3n) is 5.18. The Bertz CT molecular complexity index is 875. The molecule has 2 N–H and O–H groups in total. The van der Waals surface area contributed by atoms with Crippen molar-refractivity contribution in [1.82, 2.24) is 19.7 Å². The standard InChI is InChI=1S/C18H23F3N6O2/c1-10-14(29-12-6-7-28-9-12)16(27(26-10)11-4-3-5-11)25-17-23-8-13(18(19,20)21)15(22-2)24-17/h8,11-12H,3-7,9H2,1-2H3,(H2,22,23,24,25)/t12-/m0/s1. The van der Waals surface area contributed by atoms with Crippen molar-refractivity contribution in [2.24, 2.45) is 0 Å². The third-order valence-corrected chi connectivity index (χ3v) is 5.18. The fourth-order valence-corrected chi connectivity index (χ4v) is 3.40. The molecule has 29 heavy (non-hydrogen) atoms.